The molecule has 0 aliphatic carbocycles. The molecule has 0 saturated heterocycles. The molecule has 0 fully saturated rings. The first-order valence-corrected chi connectivity index (χ1v) is 2.31. The van der Waals surface area contributed by atoms with Gasteiger partial charge in [0.1, 0.15) is 5.78 Å². The summed E-state index contributed by atoms with van der Waals surface area (Å²) >= 11 is 0. The summed E-state index contributed by atoms with van der Waals surface area (Å²) in [4.78, 5) is 10.2. The molecule has 42 valence electrons. The van der Waals surface area contributed by atoms with Gasteiger partial charge in [0.25, 0.3) is 0 Å². The zero-order valence-electron chi connectivity index (χ0n) is 4.72. The van der Waals surface area contributed by atoms with Crippen molar-refractivity contribution < 1.29 is 4.79 Å². The zero-order chi connectivity index (χ0) is 6.41. The molecule has 0 aromatic heterocycles. The molecule has 8 heavy (non-hydrogen) atoms. The smallest absolute Gasteiger partial charge is 0.133 e. The van der Waals surface area contributed by atoms with Gasteiger partial charge in [0.2, 0.25) is 0 Å². The third-order valence-electron chi connectivity index (χ3n) is 0.598. The molecule has 0 bridgehead atoms. The Balaban J connectivity index is 3.34. The summed E-state index contributed by atoms with van der Waals surface area (Å²) in [5.41, 5.74) is 0. The number of rotatable bonds is 2. The Kier molecular flexibility index (Phi) is 3.51. The number of allylic oxidation sites excluding steroid dienone is 2. The number of carbonyl (C=O) groups is 1. The first kappa shape index (κ1) is 6.90. The van der Waals surface area contributed by atoms with Crippen molar-refractivity contribution in [2.24, 2.45) is 0 Å². The third kappa shape index (κ3) is 4.90. The van der Waals surface area contributed by atoms with Crippen molar-refractivity contribution in [3.8, 4) is 6.07 Å². The summed E-state index contributed by atoms with van der Waals surface area (Å²) in [6, 6.07) is 1.79. The maximum Gasteiger partial charge on any atom is 0.133 e. The molecule has 2 heteroatoms. The second kappa shape index (κ2) is 4.07. The van der Waals surface area contributed by atoms with Gasteiger partial charge in [-0.2, -0.15) is 5.26 Å². The van der Waals surface area contributed by atoms with E-state index in [1.54, 1.807) is 12.1 Å². The summed E-state index contributed by atoms with van der Waals surface area (Å²) in [6.07, 6.45) is 3.22. The monoisotopic (exact) mass is 109 g/mol. The number of nitrogens with zero attached hydrogens (tertiary/aromatic N) is 1. The van der Waals surface area contributed by atoms with Crippen molar-refractivity contribution >= 4 is 5.78 Å². The molecule has 0 saturated carbocycles. The first-order chi connectivity index (χ1) is 3.77. The van der Waals surface area contributed by atoms with Gasteiger partial charge in [-0.05, 0) is 6.92 Å². The fourth-order valence-corrected chi connectivity index (χ4v) is 0.278. The van der Waals surface area contributed by atoms with Crippen LogP contribution in [0.25, 0.3) is 0 Å². The number of hydrogen-bond donors (Lipinski definition) is 0. The standard InChI is InChI=1S/C6H7NO/c1-6(8)4-2-3-5-7/h2-3H,4H2,1H3/b3-2-. The minimum Gasteiger partial charge on any atom is -0.300 e. The van der Waals surface area contributed by atoms with E-state index in [-0.39, 0.29) is 5.78 Å². The summed E-state index contributed by atoms with van der Waals surface area (Å²) in [7, 11) is 0. The van der Waals surface area contributed by atoms with Gasteiger partial charge in [0, 0.05) is 12.5 Å². The second-order valence-electron chi connectivity index (χ2n) is 1.44. The minimum atomic E-state index is 0.0801. The Bertz CT molecular complexity index is 141. The van der Waals surface area contributed by atoms with Crippen LogP contribution in [-0.2, 0) is 4.79 Å². The van der Waals surface area contributed by atoms with Crippen LogP contribution in [0.3, 0.4) is 0 Å². The summed E-state index contributed by atoms with van der Waals surface area (Å²) in [5.74, 6) is 0.0801. The van der Waals surface area contributed by atoms with Crippen molar-refractivity contribution in [1.82, 2.24) is 0 Å². The minimum absolute atomic E-state index is 0.0801. The van der Waals surface area contributed by atoms with Crippen LogP contribution in [0.2, 0.25) is 0 Å². The normalized spacial score (nSPS) is 9.00. The van der Waals surface area contributed by atoms with Crippen molar-refractivity contribution in [3.05, 3.63) is 12.2 Å². The van der Waals surface area contributed by atoms with Crippen LogP contribution in [-0.4, -0.2) is 5.78 Å². The molecule has 0 aromatic carbocycles. The molecule has 0 heterocycles. The Morgan fingerprint density at radius 3 is 2.88 bits per heavy atom. The van der Waals surface area contributed by atoms with E-state index in [0.717, 1.165) is 0 Å². The molecule has 0 unspecified atom stereocenters. The quantitative estimate of drug-likeness (QED) is 0.497. The fourth-order valence-electron chi connectivity index (χ4n) is 0.278. The lowest BCUT2D eigenvalue weighted by atomic mass is 10.3. The molecule has 0 rings (SSSR count). The van der Waals surface area contributed by atoms with Crippen molar-refractivity contribution in [3.63, 3.8) is 0 Å². The molecule has 0 atom stereocenters. The Morgan fingerprint density at radius 1 is 1.88 bits per heavy atom. The average molecular weight is 109 g/mol. The van der Waals surface area contributed by atoms with Gasteiger partial charge in [-0.1, -0.05) is 6.08 Å². The largest absolute Gasteiger partial charge is 0.300 e. The van der Waals surface area contributed by atoms with Crippen molar-refractivity contribution in [2.45, 2.75) is 13.3 Å². The van der Waals surface area contributed by atoms with Crippen LogP contribution >= 0.6 is 0 Å². The molecular weight excluding hydrogens is 102 g/mol. The molecule has 0 N–H and O–H groups in total. The van der Waals surface area contributed by atoms with Crippen LogP contribution in [0.1, 0.15) is 13.3 Å². The molecule has 0 spiro atoms. The van der Waals surface area contributed by atoms with E-state index in [9.17, 15) is 4.79 Å². The van der Waals surface area contributed by atoms with Crippen molar-refractivity contribution in [1.29, 1.82) is 5.26 Å². The number of nitriles is 1. The lowest BCUT2D eigenvalue weighted by molar-refractivity contribution is -0.116. The maximum absolute atomic E-state index is 10.2. The van der Waals surface area contributed by atoms with Crippen LogP contribution in [0.5, 0.6) is 0 Å². The first-order valence-electron chi connectivity index (χ1n) is 2.31. The topological polar surface area (TPSA) is 40.9 Å². The summed E-state index contributed by atoms with van der Waals surface area (Å²) < 4.78 is 0. The summed E-state index contributed by atoms with van der Waals surface area (Å²) in [6.45, 7) is 1.49. The van der Waals surface area contributed by atoms with E-state index < -0.39 is 0 Å². The van der Waals surface area contributed by atoms with Crippen molar-refractivity contribution in [2.75, 3.05) is 0 Å². The van der Waals surface area contributed by atoms with Crippen LogP contribution in [0.4, 0.5) is 0 Å². The SMILES string of the molecule is CC(=O)C/C=C\C#N. The molecule has 0 amide bonds. The van der Waals surface area contributed by atoms with Gasteiger partial charge in [-0.3, -0.25) is 4.79 Å². The van der Waals surface area contributed by atoms with Gasteiger partial charge < -0.3 is 0 Å². The molecule has 0 aliphatic heterocycles. The molecular formula is C6H7NO. The number of hydrogen-bond acceptors (Lipinski definition) is 2. The van der Waals surface area contributed by atoms with Gasteiger partial charge in [0.05, 0.1) is 6.07 Å². The molecule has 0 aromatic rings. The Morgan fingerprint density at radius 2 is 2.50 bits per heavy atom. The van der Waals surface area contributed by atoms with E-state index in [0.29, 0.717) is 6.42 Å². The lowest BCUT2D eigenvalue weighted by Crippen LogP contribution is -1.82. The van der Waals surface area contributed by atoms with E-state index in [1.165, 1.54) is 13.0 Å². The highest BCUT2D eigenvalue weighted by Crippen LogP contribution is 1.81. The Hall–Kier alpha value is -1.10. The van der Waals surface area contributed by atoms with Gasteiger partial charge >= 0.3 is 0 Å². The molecule has 0 aliphatic rings. The van der Waals surface area contributed by atoms with Crippen LogP contribution in [0, 0.1) is 11.3 Å². The van der Waals surface area contributed by atoms with E-state index in [2.05, 4.69) is 0 Å². The molecule has 2 nitrogen and oxygen atoms in total. The highest BCUT2D eigenvalue weighted by molar-refractivity contribution is 5.77. The number of carbonyl (C=O) groups excluding carboxylic acids is 1. The number of Topliss-reactive ketones (excluding diaryl/α,β-unsaturated/α-hetero) is 1. The van der Waals surface area contributed by atoms with Crippen LogP contribution < -0.4 is 0 Å². The maximum atomic E-state index is 10.2. The van der Waals surface area contributed by atoms with E-state index >= 15 is 0 Å². The molecule has 0 radical (unpaired) electrons. The predicted molar refractivity (Wildman–Crippen MR) is 30.1 cm³/mol. The number of ketones is 1. The third-order valence-corrected chi connectivity index (χ3v) is 0.598. The Labute approximate surface area is 48.4 Å². The lowest BCUT2D eigenvalue weighted by Gasteiger charge is -1.77. The second-order valence-corrected chi connectivity index (χ2v) is 1.44. The fraction of sp³-hybridized carbons (Fsp3) is 0.333. The van der Waals surface area contributed by atoms with Crippen LogP contribution in [0.15, 0.2) is 12.2 Å². The highest BCUT2D eigenvalue weighted by atomic mass is 16.1. The van der Waals surface area contributed by atoms with Gasteiger partial charge in [0.15, 0.2) is 0 Å². The van der Waals surface area contributed by atoms with E-state index in [4.69, 9.17) is 5.26 Å². The summed E-state index contributed by atoms with van der Waals surface area (Å²) in [5, 5.41) is 7.93. The zero-order valence-corrected chi connectivity index (χ0v) is 4.72. The predicted octanol–water partition coefficient (Wildman–Crippen LogP) is 1.05. The van der Waals surface area contributed by atoms with E-state index in [1.807, 2.05) is 0 Å². The average Bonchev–Trinajstić information content (AvgIpc) is 1.66. The van der Waals surface area contributed by atoms with Gasteiger partial charge in [-0.15, -0.1) is 0 Å². The highest BCUT2D eigenvalue weighted by Gasteiger charge is 1.82. The van der Waals surface area contributed by atoms with Gasteiger partial charge in [-0.25, -0.2) is 0 Å².